The Morgan fingerprint density at radius 2 is 1.77 bits per heavy atom. The topological polar surface area (TPSA) is 53.0 Å². The van der Waals surface area contributed by atoms with E-state index in [1.165, 1.54) is 11.8 Å². The standard InChI is InChI=1S/C19H19N3O2S2/c1-21(2)16-10-8-15(9-11-16)18-20-19-22(13-26(18,23)24)17(12-25-19)14-6-4-3-5-7-14/h3-12,18H,13H2,1-2H3. The summed E-state index contributed by atoms with van der Waals surface area (Å²) in [4.78, 5) is 8.34. The Hall–Kier alpha value is -2.25. The highest BCUT2D eigenvalue weighted by molar-refractivity contribution is 8.17. The molecular weight excluding hydrogens is 366 g/mol. The van der Waals surface area contributed by atoms with Gasteiger partial charge in [-0.3, -0.25) is 0 Å². The van der Waals surface area contributed by atoms with Gasteiger partial charge in [0.15, 0.2) is 20.4 Å². The number of anilines is 1. The molecule has 2 aliphatic heterocycles. The molecule has 1 atom stereocenters. The Bertz CT molecular complexity index is 981. The highest BCUT2D eigenvalue weighted by Gasteiger charge is 2.39. The number of benzene rings is 2. The average molecular weight is 386 g/mol. The summed E-state index contributed by atoms with van der Waals surface area (Å²) in [6, 6.07) is 17.3. The molecule has 1 unspecified atom stereocenters. The number of fused-ring (bicyclic) bond motifs is 1. The summed E-state index contributed by atoms with van der Waals surface area (Å²) >= 11 is 1.48. The van der Waals surface area contributed by atoms with Gasteiger partial charge in [-0.1, -0.05) is 54.2 Å². The Labute approximate surface area is 158 Å². The number of amidine groups is 1. The lowest BCUT2D eigenvalue weighted by Crippen LogP contribution is -2.37. The molecule has 0 bridgehead atoms. The molecule has 0 N–H and O–H groups in total. The van der Waals surface area contributed by atoms with Gasteiger partial charge in [0.05, 0.1) is 5.70 Å². The number of rotatable bonds is 3. The molecule has 0 aromatic heterocycles. The lowest BCUT2D eigenvalue weighted by Gasteiger charge is -2.29. The van der Waals surface area contributed by atoms with Crippen LogP contribution in [0.2, 0.25) is 0 Å². The van der Waals surface area contributed by atoms with Gasteiger partial charge in [-0.2, -0.15) is 0 Å². The van der Waals surface area contributed by atoms with E-state index in [1.54, 1.807) is 4.90 Å². The number of aliphatic imine (C=N–C) groups is 1. The van der Waals surface area contributed by atoms with Crippen molar-refractivity contribution in [1.82, 2.24) is 4.90 Å². The summed E-state index contributed by atoms with van der Waals surface area (Å²) in [6.45, 7) is 0. The van der Waals surface area contributed by atoms with E-state index in [9.17, 15) is 8.42 Å². The number of sulfone groups is 1. The third-order valence-corrected chi connectivity index (χ3v) is 6.99. The molecule has 7 heteroatoms. The average Bonchev–Trinajstić information content (AvgIpc) is 3.03. The summed E-state index contributed by atoms with van der Waals surface area (Å²) in [6.07, 6.45) is 0. The van der Waals surface area contributed by atoms with E-state index in [0.29, 0.717) is 5.56 Å². The fourth-order valence-electron chi connectivity index (χ4n) is 3.05. The summed E-state index contributed by atoms with van der Waals surface area (Å²) in [5.74, 6) is -0.0559. The van der Waals surface area contributed by atoms with Gasteiger partial charge in [0, 0.05) is 25.2 Å². The van der Waals surface area contributed by atoms with Crippen molar-refractivity contribution < 1.29 is 8.42 Å². The van der Waals surface area contributed by atoms with Gasteiger partial charge in [-0.05, 0) is 23.3 Å². The fraction of sp³-hybridized carbons (Fsp3) is 0.211. The lowest BCUT2D eigenvalue weighted by molar-refractivity contribution is 0.549. The summed E-state index contributed by atoms with van der Waals surface area (Å²) in [5, 5.41) is 1.86. The molecule has 0 saturated heterocycles. The van der Waals surface area contributed by atoms with Crippen molar-refractivity contribution in [3.05, 3.63) is 71.1 Å². The monoisotopic (exact) mass is 385 g/mol. The van der Waals surface area contributed by atoms with Crippen LogP contribution in [0.3, 0.4) is 0 Å². The zero-order valence-electron chi connectivity index (χ0n) is 14.5. The van der Waals surface area contributed by atoms with Crippen molar-refractivity contribution in [2.45, 2.75) is 5.37 Å². The largest absolute Gasteiger partial charge is 0.378 e. The van der Waals surface area contributed by atoms with Gasteiger partial charge < -0.3 is 9.80 Å². The molecule has 0 amide bonds. The normalized spacial score (nSPS) is 21.0. The molecule has 0 fully saturated rings. The maximum absolute atomic E-state index is 12.9. The van der Waals surface area contributed by atoms with Gasteiger partial charge in [0.25, 0.3) is 0 Å². The molecule has 4 rings (SSSR count). The van der Waals surface area contributed by atoms with E-state index < -0.39 is 15.2 Å². The summed E-state index contributed by atoms with van der Waals surface area (Å²) in [7, 11) is 0.475. The van der Waals surface area contributed by atoms with Crippen molar-refractivity contribution in [3.63, 3.8) is 0 Å². The quantitative estimate of drug-likeness (QED) is 0.809. The predicted molar refractivity (Wildman–Crippen MR) is 109 cm³/mol. The van der Waals surface area contributed by atoms with Crippen LogP contribution >= 0.6 is 11.8 Å². The SMILES string of the molecule is CN(C)c1ccc(C2N=C3SC=C(c4ccccc4)N3CS2(=O)=O)cc1. The first-order valence-corrected chi connectivity index (χ1v) is 10.8. The second-order valence-corrected chi connectivity index (χ2v) is 9.32. The van der Waals surface area contributed by atoms with Crippen LogP contribution in [0.5, 0.6) is 0 Å². The van der Waals surface area contributed by atoms with Crippen molar-refractivity contribution in [3.8, 4) is 0 Å². The van der Waals surface area contributed by atoms with Crippen LogP contribution in [-0.2, 0) is 9.84 Å². The minimum atomic E-state index is -3.43. The maximum Gasteiger partial charge on any atom is 0.196 e. The van der Waals surface area contributed by atoms with E-state index in [2.05, 4.69) is 4.99 Å². The maximum atomic E-state index is 12.9. The first-order valence-electron chi connectivity index (χ1n) is 8.22. The van der Waals surface area contributed by atoms with Crippen molar-refractivity contribution >= 4 is 38.2 Å². The molecule has 26 heavy (non-hydrogen) atoms. The van der Waals surface area contributed by atoms with Crippen LogP contribution in [0.4, 0.5) is 5.69 Å². The molecule has 0 radical (unpaired) electrons. The van der Waals surface area contributed by atoms with Gasteiger partial charge in [-0.25, -0.2) is 13.4 Å². The number of nitrogens with zero attached hydrogens (tertiary/aromatic N) is 3. The van der Waals surface area contributed by atoms with E-state index in [-0.39, 0.29) is 5.88 Å². The fourth-order valence-corrected chi connectivity index (χ4v) is 5.73. The molecule has 0 saturated carbocycles. The lowest BCUT2D eigenvalue weighted by atomic mass is 10.1. The first kappa shape index (κ1) is 17.2. The Morgan fingerprint density at radius 1 is 1.08 bits per heavy atom. The highest BCUT2D eigenvalue weighted by atomic mass is 32.2. The summed E-state index contributed by atoms with van der Waals surface area (Å²) in [5.41, 5.74) is 3.62. The Kier molecular flexibility index (Phi) is 4.28. The molecule has 2 aliphatic rings. The van der Waals surface area contributed by atoms with Gasteiger partial charge >= 0.3 is 0 Å². The van der Waals surface area contributed by atoms with E-state index >= 15 is 0 Å². The highest BCUT2D eigenvalue weighted by Crippen LogP contribution is 2.40. The number of hydrogen-bond acceptors (Lipinski definition) is 6. The molecule has 2 heterocycles. The minimum Gasteiger partial charge on any atom is -0.378 e. The molecule has 5 nitrogen and oxygen atoms in total. The zero-order valence-corrected chi connectivity index (χ0v) is 16.2. The van der Waals surface area contributed by atoms with Gasteiger partial charge in [0.1, 0.15) is 5.88 Å². The second kappa shape index (κ2) is 6.48. The zero-order chi connectivity index (χ0) is 18.3. The third-order valence-electron chi connectivity index (χ3n) is 4.44. The third kappa shape index (κ3) is 3.01. The van der Waals surface area contributed by atoms with Gasteiger partial charge in [-0.15, -0.1) is 0 Å². The molecular formula is C19H19N3O2S2. The second-order valence-electron chi connectivity index (χ2n) is 6.46. The van der Waals surface area contributed by atoms with E-state index in [1.807, 2.05) is 79.0 Å². The molecule has 2 aromatic carbocycles. The molecule has 134 valence electrons. The smallest absolute Gasteiger partial charge is 0.196 e. The summed E-state index contributed by atoms with van der Waals surface area (Å²) < 4.78 is 25.8. The van der Waals surface area contributed by atoms with Crippen LogP contribution < -0.4 is 4.90 Å². The van der Waals surface area contributed by atoms with Crippen LogP contribution in [0.15, 0.2) is 65.0 Å². The van der Waals surface area contributed by atoms with Crippen molar-refractivity contribution in [2.24, 2.45) is 4.99 Å². The van der Waals surface area contributed by atoms with Crippen LogP contribution in [-0.4, -0.2) is 38.5 Å². The predicted octanol–water partition coefficient (Wildman–Crippen LogP) is 3.54. The number of hydrogen-bond donors (Lipinski definition) is 0. The molecule has 0 spiro atoms. The Morgan fingerprint density at radius 3 is 2.42 bits per heavy atom. The molecule has 2 aromatic rings. The Balaban J connectivity index is 1.68. The van der Waals surface area contributed by atoms with Crippen LogP contribution in [0.25, 0.3) is 5.70 Å². The van der Waals surface area contributed by atoms with Crippen LogP contribution in [0, 0.1) is 0 Å². The van der Waals surface area contributed by atoms with Crippen molar-refractivity contribution in [1.29, 1.82) is 0 Å². The number of thioether (sulfide) groups is 1. The minimum absolute atomic E-state index is 0.0559. The van der Waals surface area contributed by atoms with E-state index in [4.69, 9.17) is 0 Å². The first-order chi connectivity index (χ1) is 12.5. The van der Waals surface area contributed by atoms with Crippen LogP contribution in [0.1, 0.15) is 16.5 Å². The van der Waals surface area contributed by atoms with E-state index in [0.717, 1.165) is 22.1 Å². The molecule has 0 aliphatic carbocycles. The van der Waals surface area contributed by atoms with Gasteiger partial charge in [0.2, 0.25) is 0 Å². The van der Waals surface area contributed by atoms with Crippen molar-refractivity contribution in [2.75, 3.05) is 24.9 Å².